The van der Waals surface area contributed by atoms with Crippen molar-refractivity contribution in [2.24, 2.45) is 5.92 Å². The zero-order chi connectivity index (χ0) is 19.6. The lowest BCUT2D eigenvalue weighted by atomic mass is 9.93. The first kappa shape index (κ1) is 19.6. The van der Waals surface area contributed by atoms with E-state index >= 15 is 0 Å². The molecule has 0 unspecified atom stereocenters. The molecule has 0 aliphatic carbocycles. The summed E-state index contributed by atoms with van der Waals surface area (Å²) in [5.41, 5.74) is 0.975. The number of halogens is 3. The average Bonchev–Trinajstić information content (AvgIpc) is 2.62. The van der Waals surface area contributed by atoms with E-state index in [4.69, 9.17) is 0 Å². The molecule has 7 heteroatoms. The lowest BCUT2D eigenvalue weighted by Crippen LogP contribution is -2.36. The fraction of sp³-hybridized carbons (Fsp3) is 0.500. The summed E-state index contributed by atoms with van der Waals surface area (Å²) in [6, 6.07) is 5.33. The van der Waals surface area contributed by atoms with E-state index < -0.39 is 17.5 Å². The second kappa shape index (κ2) is 7.84. The second-order valence-electron chi connectivity index (χ2n) is 7.20. The van der Waals surface area contributed by atoms with Gasteiger partial charge in [0.1, 0.15) is 5.75 Å². The van der Waals surface area contributed by atoms with Crippen LogP contribution in [0.4, 0.5) is 13.2 Å². The van der Waals surface area contributed by atoms with Gasteiger partial charge in [-0.3, -0.25) is 0 Å². The monoisotopic (exact) mass is 379 g/mol. The molecule has 2 aromatic rings. The quantitative estimate of drug-likeness (QED) is 0.853. The van der Waals surface area contributed by atoms with Crippen molar-refractivity contribution in [3.05, 3.63) is 41.1 Å². The Morgan fingerprint density at radius 3 is 2.59 bits per heavy atom. The van der Waals surface area contributed by atoms with Gasteiger partial charge in [-0.2, -0.15) is 23.4 Å². The minimum atomic E-state index is -4.50. The van der Waals surface area contributed by atoms with Gasteiger partial charge < -0.3 is 10.0 Å². The first-order valence-corrected chi connectivity index (χ1v) is 9.24. The Bertz CT molecular complexity index is 767. The molecule has 2 heterocycles. The highest BCUT2D eigenvalue weighted by Crippen LogP contribution is 2.38. The lowest BCUT2D eigenvalue weighted by Gasteiger charge is -2.31. The van der Waals surface area contributed by atoms with Crippen LogP contribution in [0.2, 0.25) is 0 Å². The van der Waals surface area contributed by atoms with Gasteiger partial charge in [0, 0.05) is 12.1 Å². The molecule has 1 N–H and O–H groups in total. The smallest absolute Gasteiger partial charge is 0.416 e. The third-order valence-corrected chi connectivity index (χ3v) is 5.17. The number of aryl methyl sites for hydroxylation is 1. The maximum atomic E-state index is 12.9. The number of aromatic nitrogens is 2. The molecule has 4 nitrogen and oxygen atoms in total. The number of phenolic OH excluding ortho intramolecular Hbond substituents is 1. The molecule has 0 radical (unpaired) electrons. The summed E-state index contributed by atoms with van der Waals surface area (Å²) < 4.78 is 38.6. The maximum Gasteiger partial charge on any atom is 0.416 e. The average molecular weight is 379 g/mol. The molecule has 1 aromatic heterocycles. The molecule has 0 spiro atoms. The van der Waals surface area contributed by atoms with Crippen molar-refractivity contribution in [3.63, 3.8) is 0 Å². The van der Waals surface area contributed by atoms with Gasteiger partial charge in [0.05, 0.1) is 17.0 Å². The minimum Gasteiger partial charge on any atom is -0.507 e. The molecule has 1 aliphatic heterocycles. The van der Waals surface area contributed by atoms with E-state index in [2.05, 4.69) is 22.0 Å². The summed E-state index contributed by atoms with van der Waals surface area (Å²) in [7, 11) is 0. The zero-order valence-corrected chi connectivity index (χ0v) is 15.6. The zero-order valence-electron chi connectivity index (χ0n) is 15.6. The van der Waals surface area contributed by atoms with Crippen LogP contribution in [-0.2, 0) is 12.6 Å². The van der Waals surface area contributed by atoms with Gasteiger partial charge in [-0.05, 0) is 75.0 Å². The van der Waals surface area contributed by atoms with Crippen LogP contribution >= 0.6 is 0 Å². The number of aromatic hydroxyl groups is 1. The number of hydrogen-bond donors (Lipinski definition) is 1. The number of hydrogen-bond acceptors (Lipinski definition) is 4. The number of nitrogens with zero attached hydrogens (tertiary/aromatic N) is 3. The minimum absolute atomic E-state index is 0.289. The van der Waals surface area contributed by atoms with Crippen LogP contribution in [0.25, 0.3) is 11.3 Å². The van der Waals surface area contributed by atoms with Crippen molar-refractivity contribution in [3.8, 4) is 17.0 Å². The Morgan fingerprint density at radius 2 is 2.00 bits per heavy atom. The molecular weight excluding hydrogens is 355 g/mol. The van der Waals surface area contributed by atoms with E-state index in [1.807, 2.05) is 6.07 Å². The number of piperidine rings is 1. The van der Waals surface area contributed by atoms with Gasteiger partial charge >= 0.3 is 6.18 Å². The molecule has 27 heavy (non-hydrogen) atoms. The van der Waals surface area contributed by atoms with E-state index in [1.165, 1.54) is 19.8 Å². The highest BCUT2D eigenvalue weighted by Gasteiger charge is 2.32. The maximum absolute atomic E-state index is 12.9. The van der Waals surface area contributed by atoms with Crippen molar-refractivity contribution in [1.82, 2.24) is 15.1 Å². The predicted molar refractivity (Wildman–Crippen MR) is 97.4 cm³/mol. The van der Waals surface area contributed by atoms with E-state index in [1.54, 1.807) is 6.07 Å². The van der Waals surface area contributed by atoms with Gasteiger partial charge in [0.2, 0.25) is 0 Å². The Labute approximate surface area is 157 Å². The molecule has 1 saturated heterocycles. The summed E-state index contributed by atoms with van der Waals surface area (Å²) in [5.74, 6) is 0.107. The second-order valence-corrected chi connectivity index (χ2v) is 7.20. The van der Waals surface area contributed by atoms with Crippen LogP contribution in [0.5, 0.6) is 5.75 Å². The third-order valence-electron chi connectivity index (χ3n) is 5.17. The van der Waals surface area contributed by atoms with Gasteiger partial charge in [0.25, 0.3) is 0 Å². The van der Waals surface area contributed by atoms with Crippen molar-refractivity contribution in [1.29, 1.82) is 0 Å². The topological polar surface area (TPSA) is 49.2 Å². The van der Waals surface area contributed by atoms with Crippen LogP contribution in [0.1, 0.15) is 36.6 Å². The summed E-state index contributed by atoms with van der Waals surface area (Å²) in [5, 5.41) is 18.5. The molecule has 1 aromatic carbocycles. The molecular formula is C20H24F3N3O. The summed E-state index contributed by atoms with van der Waals surface area (Å²) >= 11 is 0. The number of alkyl halides is 3. The van der Waals surface area contributed by atoms with Crippen LogP contribution in [0.15, 0.2) is 24.3 Å². The van der Waals surface area contributed by atoms with E-state index in [0.717, 1.165) is 43.9 Å². The SMILES string of the molecule is CCN1CCC[C@H](Cc2ccc(-c3c(C)cc(C(F)(F)F)cc3O)nn2)C1. The molecule has 0 bridgehead atoms. The number of phenols is 1. The molecule has 0 saturated carbocycles. The third kappa shape index (κ3) is 4.58. The van der Waals surface area contributed by atoms with Crippen LogP contribution in [0, 0.1) is 12.8 Å². The van der Waals surface area contributed by atoms with Crippen molar-refractivity contribution < 1.29 is 18.3 Å². The van der Waals surface area contributed by atoms with Crippen LogP contribution < -0.4 is 0 Å². The summed E-state index contributed by atoms with van der Waals surface area (Å²) in [4.78, 5) is 2.43. The standard InChI is InChI=1S/C20H24F3N3O/c1-3-26-8-4-5-14(12-26)10-16-6-7-17(25-24-16)19-13(2)9-15(11-18(19)27)20(21,22)23/h6-7,9,11,14,27H,3-5,8,10,12H2,1-2H3/t14-/m1/s1. The van der Waals surface area contributed by atoms with Crippen molar-refractivity contribution in [2.75, 3.05) is 19.6 Å². The predicted octanol–water partition coefficient (Wildman–Crippen LogP) is 4.45. The largest absolute Gasteiger partial charge is 0.507 e. The fourth-order valence-electron chi connectivity index (χ4n) is 3.77. The molecule has 1 aliphatic rings. The molecule has 146 valence electrons. The first-order chi connectivity index (χ1) is 12.8. The highest BCUT2D eigenvalue weighted by molar-refractivity contribution is 5.71. The van der Waals surface area contributed by atoms with E-state index in [-0.39, 0.29) is 5.56 Å². The molecule has 1 atom stereocenters. The fourth-order valence-corrected chi connectivity index (χ4v) is 3.77. The Kier molecular flexibility index (Phi) is 5.69. The van der Waals surface area contributed by atoms with Crippen molar-refractivity contribution >= 4 is 0 Å². The van der Waals surface area contributed by atoms with Crippen molar-refractivity contribution in [2.45, 2.75) is 39.3 Å². The normalized spacial score (nSPS) is 18.6. The van der Waals surface area contributed by atoms with Gasteiger partial charge in [0.15, 0.2) is 0 Å². The Morgan fingerprint density at radius 1 is 1.22 bits per heavy atom. The van der Waals surface area contributed by atoms with Crippen LogP contribution in [-0.4, -0.2) is 39.8 Å². The lowest BCUT2D eigenvalue weighted by molar-refractivity contribution is -0.137. The number of benzene rings is 1. The number of rotatable bonds is 4. The highest BCUT2D eigenvalue weighted by atomic mass is 19.4. The summed E-state index contributed by atoms with van der Waals surface area (Å²) in [6.07, 6.45) is -1.31. The van der Waals surface area contributed by atoms with Gasteiger partial charge in [-0.1, -0.05) is 6.92 Å². The Hall–Kier alpha value is -2.15. The van der Waals surface area contributed by atoms with Crippen LogP contribution in [0.3, 0.4) is 0 Å². The molecule has 3 rings (SSSR count). The first-order valence-electron chi connectivity index (χ1n) is 9.24. The number of likely N-dealkylation sites (tertiary alicyclic amines) is 1. The van der Waals surface area contributed by atoms with Gasteiger partial charge in [-0.25, -0.2) is 0 Å². The molecule has 1 fully saturated rings. The Balaban J connectivity index is 1.78. The van der Waals surface area contributed by atoms with Gasteiger partial charge in [-0.15, -0.1) is 0 Å². The van der Waals surface area contributed by atoms with E-state index in [9.17, 15) is 18.3 Å². The molecule has 0 amide bonds. The van der Waals surface area contributed by atoms with E-state index in [0.29, 0.717) is 17.2 Å². The summed E-state index contributed by atoms with van der Waals surface area (Å²) in [6.45, 7) is 6.94.